The third kappa shape index (κ3) is 3.95. The first-order chi connectivity index (χ1) is 5.93. The number of thiophene rings is 1. The predicted octanol–water partition coefficient (Wildman–Crippen LogP) is 2.38. The van der Waals surface area contributed by atoms with E-state index in [-0.39, 0.29) is 0 Å². The highest BCUT2D eigenvalue weighted by Crippen LogP contribution is 2.14. The van der Waals surface area contributed by atoms with E-state index in [9.17, 15) is 0 Å². The highest BCUT2D eigenvalue weighted by Gasteiger charge is 1.92. The van der Waals surface area contributed by atoms with Crippen molar-refractivity contribution in [2.24, 2.45) is 0 Å². The molecule has 0 N–H and O–H groups in total. The summed E-state index contributed by atoms with van der Waals surface area (Å²) in [6.45, 7) is 1.78. The van der Waals surface area contributed by atoms with E-state index in [1.54, 1.807) is 11.3 Å². The van der Waals surface area contributed by atoms with E-state index in [1.807, 2.05) is 16.8 Å². The fourth-order valence-electron chi connectivity index (χ4n) is 0.709. The Labute approximate surface area is 81.1 Å². The van der Waals surface area contributed by atoms with Crippen LogP contribution in [0.1, 0.15) is 0 Å². The molecule has 0 bridgehead atoms. The van der Waals surface area contributed by atoms with Crippen molar-refractivity contribution in [1.82, 2.24) is 0 Å². The van der Waals surface area contributed by atoms with Gasteiger partial charge in [0.25, 0.3) is 0 Å². The Bertz CT molecular complexity index is 189. The molecular formula is C8H11ClO2S. The van der Waals surface area contributed by atoms with E-state index in [2.05, 4.69) is 0 Å². The van der Waals surface area contributed by atoms with Gasteiger partial charge in [-0.1, -0.05) is 0 Å². The van der Waals surface area contributed by atoms with Crippen molar-refractivity contribution in [3.05, 3.63) is 16.8 Å². The zero-order valence-electron chi connectivity index (χ0n) is 6.66. The maximum Gasteiger partial charge on any atom is 0.130 e. The molecule has 12 heavy (non-hydrogen) atoms. The lowest BCUT2D eigenvalue weighted by atomic mass is 10.6. The second-order valence-corrected chi connectivity index (χ2v) is 3.27. The van der Waals surface area contributed by atoms with Crippen LogP contribution in [0, 0.1) is 0 Å². The minimum absolute atomic E-state index is 0.540. The monoisotopic (exact) mass is 206 g/mol. The fourth-order valence-corrected chi connectivity index (χ4v) is 1.39. The summed E-state index contributed by atoms with van der Waals surface area (Å²) < 4.78 is 10.5. The van der Waals surface area contributed by atoms with Crippen LogP contribution < -0.4 is 4.74 Å². The van der Waals surface area contributed by atoms with Crippen molar-refractivity contribution < 1.29 is 9.47 Å². The molecule has 0 saturated heterocycles. The highest BCUT2D eigenvalue weighted by atomic mass is 35.5. The standard InChI is InChI=1S/C8H11ClO2S/c9-2-3-10-4-5-11-8-1-6-12-7-8/h1,6-7H,2-5H2. The molecule has 0 aliphatic carbocycles. The van der Waals surface area contributed by atoms with Crippen LogP contribution in [0.4, 0.5) is 0 Å². The molecule has 0 aromatic carbocycles. The van der Waals surface area contributed by atoms with Crippen LogP contribution in [-0.4, -0.2) is 25.7 Å². The second kappa shape index (κ2) is 6.29. The maximum atomic E-state index is 5.42. The molecule has 1 aromatic rings. The molecule has 4 heteroatoms. The van der Waals surface area contributed by atoms with E-state index in [4.69, 9.17) is 21.1 Å². The van der Waals surface area contributed by atoms with Gasteiger partial charge in [0, 0.05) is 11.3 Å². The molecule has 68 valence electrons. The van der Waals surface area contributed by atoms with Crippen LogP contribution >= 0.6 is 22.9 Å². The molecule has 1 aromatic heterocycles. The van der Waals surface area contributed by atoms with Crippen molar-refractivity contribution in [3.63, 3.8) is 0 Å². The van der Waals surface area contributed by atoms with Crippen molar-refractivity contribution >= 4 is 22.9 Å². The Morgan fingerprint density at radius 3 is 2.92 bits per heavy atom. The largest absolute Gasteiger partial charge is 0.490 e. The number of ether oxygens (including phenoxy) is 2. The van der Waals surface area contributed by atoms with Gasteiger partial charge in [-0.05, 0) is 11.4 Å². The zero-order chi connectivity index (χ0) is 8.65. The van der Waals surface area contributed by atoms with Crippen LogP contribution in [-0.2, 0) is 4.74 Å². The van der Waals surface area contributed by atoms with E-state index < -0.39 is 0 Å². The summed E-state index contributed by atoms with van der Waals surface area (Å²) in [5.41, 5.74) is 0. The van der Waals surface area contributed by atoms with Gasteiger partial charge in [-0.25, -0.2) is 0 Å². The van der Waals surface area contributed by atoms with E-state index in [0.29, 0.717) is 25.7 Å². The Hall–Kier alpha value is -0.250. The van der Waals surface area contributed by atoms with Gasteiger partial charge in [0.2, 0.25) is 0 Å². The number of rotatable bonds is 6. The third-order valence-corrected chi connectivity index (χ3v) is 2.03. The van der Waals surface area contributed by atoms with Gasteiger partial charge < -0.3 is 9.47 Å². The maximum absolute atomic E-state index is 5.42. The van der Waals surface area contributed by atoms with Gasteiger partial charge in [0.05, 0.1) is 13.2 Å². The quantitative estimate of drug-likeness (QED) is 0.526. The lowest BCUT2D eigenvalue weighted by Gasteiger charge is -2.03. The molecule has 0 amide bonds. The average molecular weight is 207 g/mol. The molecule has 0 aliphatic heterocycles. The van der Waals surface area contributed by atoms with Crippen LogP contribution in [0.3, 0.4) is 0 Å². The van der Waals surface area contributed by atoms with Crippen molar-refractivity contribution in [2.75, 3.05) is 25.7 Å². The number of halogens is 1. The first kappa shape index (κ1) is 9.84. The Morgan fingerprint density at radius 1 is 1.33 bits per heavy atom. The second-order valence-electron chi connectivity index (χ2n) is 2.11. The molecule has 2 nitrogen and oxygen atoms in total. The molecule has 0 aliphatic rings. The summed E-state index contributed by atoms with van der Waals surface area (Å²) in [5, 5.41) is 3.94. The third-order valence-electron chi connectivity index (χ3n) is 1.21. The first-order valence-corrected chi connectivity index (χ1v) is 5.20. The van der Waals surface area contributed by atoms with Crippen LogP contribution in [0.2, 0.25) is 0 Å². The van der Waals surface area contributed by atoms with Crippen LogP contribution in [0.25, 0.3) is 0 Å². The highest BCUT2D eigenvalue weighted by molar-refractivity contribution is 7.08. The molecule has 0 saturated carbocycles. The molecule has 0 atom stereocenters. The van der Waals surface area contributed by atoms with E-state index >= 15 is 0 Å². The van der Waals surface area contributed by atoms with Gasteiger partial charge in [-0.2, -0.15) is 0 Å². The topological polar surface area (TPSA) is 18.5 Å². The Kier molecular flexibility index (Phi) is 5.15. The van der Waals surface area contributed by atoms with Crippen molar-refractivity contribution in [1.29, 1.82) is 0 Å². The molecule has 0 unspecified atom stereocenters. The summed E-state index contributed by atoms with van der Waals surface area (Å²) in [6, 6.07) is 1.94. The smallest absolute Gasteiger partial charge is 0.130 e. The zero-order valence-corrected chi connectivity index (χ0v) is 8.24. The average Bonchev–Trinajstić information content (AvgIpc) is 2.57. The summed E-state index contributed by atoms with van der Waals surface area (Å²) >= 11 is 7.04. The van der Waals surface area contributed by atoms with Gasteiger partial charge >= 0.3 is 0 Å². The molecular weight excluding hydrogens is 196 g/mol. The molecule has 1 heterocycles. The lowest BCUT2D eigenvalue weighted by Crippen LogP contribution is -2.07. The predicted molar refractivity (Wildman–Crippen MR) is 51.4 cm³/mol. The number of hydrogen-bond acceptors (Lipinski definition) is 3. The Morgan fingerprint density at radius 2 is 2.25 bits per heavy atom. The Balaban J connectivity index is 1.96. The molecule has 0 radical (unpaired) electrons. The summed E-state index contributed by atoms with van der Waals surface area (Å²) in [4.78, 5) is 0. The molecule has 1 rings (SSSR count). The lowest BCUT2D eigenvalue weighted by molar-refractivity contribution is 0.111. The van der Waals surface area contributed by atoms with Crippen LogP contribution in [0.5, 0.6) is 5.75 Å². The fraction of sp³-hybridized carbons (Fsp3) is 0.500. The minimum Gasteiger partial charge on any atom is -0.490 e. The van der Waals surface area contributed by atoms with Gasteiger partial charge in [-0.15, -0.1) is 22.9 Å². The number of alkyl halides is 1. The normalized spacial score (nSPS) is 10.1. The minimum atomic E-state index is 0.540. The van der Waals surface area contributed by atoms with Crippen molar-refractivity contribution in [2.45, 2.75) is 0 Å². The van der Waals surface area contributed by atoms with E-state index in [1.165, 1.54) is 0 Å². The number of hydrogen-bond donors (Lipinski definition) is 0. The van der Waals surface area contributed by atoms with Crippen LogP contribution in [0.15, 0.2) is 16.8 Å². The molecule has 0 spiro atoms. The van der Waals surface area contributed by atoms with Gasteiger partial charge in [0.1, 0.15) is 12.4 Å². The first-order valence-electron chi connectivity index (χ1n) is 3.72. The SMILES string of the molecule is ClCCOCCOc1ccsc1. The summed E-state index contributed by atoms with van der Waals surface area (Å²) in [7, 11) is 0. The molecule has 0 fully saturated rings. The summed E-state index contributed by atoms with van der Waals surface area (Å²) in [5.74, 6) is 1.45. The summed E-state index contributed by atoms with van der Waals surface area (Å²) in [6.07, 6.45) is 0. The van der Waals surface area contributed by atoms with Gasteiger partial charge in [0.15, 0.2) is 0 Å². The van der Waals surface area contributed by atoms with E-state index in [0.717, 1.165) is 5.75 Å². The van der Waals surface area contributed by atoms with Crippen molar-refractivity contribution in [3.8, 4) is 5.75 Å². The van der Waals surface area contributed by atoms with Gasteiger partial charge in [-0.3, -0.25) is 0 Å².